The Labute approximate surface area is 177 Å². The van der Waals surface area contributed by atoms with Crippen LogP contribution >= 0.6 is 35.3 Å². The molecule has 7 heteroatoms. The van der Waals surface area contributed by atoms with E-state index in [0.717, 1.165) is 49.4 Å². The molecule has 0 amide bonds. The summed E-state index contributed by atoms with van der Waals surface area (Å²) >= 11 is 1.76. The molecule has 0 unspecified atom stereocenters. The minimum absolute atomic E-state index is 0. The van der Waals surface area contributed by atoms with Crippen LogP contribution in [0, 0.1) is 20.8 Å². The number of aromatic nitrogens is 1. The summed E-state index contributed by atoms with van der Waals surface area (Å²) in [6.45, 7) is 11.1. The van der Waals surface area contributed by atoms with Crippen LogP contribution in [-0.2, 0) is 6.54 Å². The predicted octanol–water partition coefficient (Wildman–Crippen LogP) is 3.58. The highest BCUT2D eigenvalue weighted by Gasteiger charge is 2.20. The predicted molar refractivity (Wildman–Crippen MR) is 122 cm³/mol. The number of rotatable bonds is 3. The Morgan fingerprint density at radius 3 is 2.50 bits per heavy atom. The number of nitrogens with one attached hydrogen (secondary N) is 1. The first-order valence-corrected chi connectivity index (χ1v) is 9.58. The van der Waals surface area contributed by atoms with E-state index in [1.54, 1.807) is 11.3 Å². The lowest BCUT2D eigenvalue weighted by molar-refractivity contribution is 0.372. The first kappa shape index (κ1) is 21.0. The van der Waals surface area contributed by atoms with Gasteiger partial charge in [0.25, 0.3) is 0 Å². The second-order valence-corrected chi connectivity index (χ2v) is 7.74. The van der Waals surface area contributed by atoms with Gasteiger partial charge < -0.3 is 15.1 Å². The molecule has 0 spiro atoms. The Balaban J connectivity index is 0.00000243. The second-order valence-electron chi connectivity index (χ2n) is 6.46. The fraction of sp³-hybridized carbons (Fsp3) is 0.474. The van der Waals surface area contributed by atoms with Gasteiger partial charge in [0.15, 0.2) is 5.96 Å². The number of benzene rings is 1. The molecule has 1 aliphatic rings. The van der Waals surface area contributed by atoms with Crippen molar-refractivity contribution in [1.29, 1.82) is 0 Å². The minimum Gasteiger partial charge on any atom is -0.368 e. The lowest BCUT2D eigenvalue weighted by Crippen LogP contribution is -2.52. The van der Waals surface area contributed by atoms with E-state index in [1.807, 2.05) is 7.05 Å². The first-order valence-electron chi connectivity index (χ1n) is 8.77. The molecule has 2 heterocycles. The maximum absolute atomic E-state index is 4.50. The molecule has 0 atom stereocenters. The van der Waals surface area contributed by atoms with Crippen molar-refractivity contribution in [2.75, 3.05) is 38.1 Å². The average molecular weight is 485 g/mol. The highest BCUT2D eigenvalue weighted by Crippen LogP contribution is 2.19. The highest BCUT2D eigenvalue weighted by molar-refractivity contribution is 14.0. The van der Waals surface area contributed by atoms with Crippen LogP contribution in [0.1, 0.15) is 21.1 Å². The summed E-state index contributed by atoms with van der Waals surface area (Å²) in [5, 5.41) is 4.62. The van der Waals surface area contributed by atoms with E-state index < -0.39 is 0 Å². The van der Waals surface area contributed by atoms with E-state index in [0.29, 0.717) is 0 Å². The summed E-state index contributed by atoms with van der Waals surface area (Å²) in [5.74, 6) is 0.981. The normalized spacial score (nSPS) is 15.0. The zero-order valence-electron chi connectivity index (χ0n) is 16.0. The van der Waals surface area contributed by atoms with Gasteiger partial charge in [0.1, 0.15) is 0 Å². The molecule has 0 aliphatic carbocycles. The lowest BCUT2D eigenvalue weighted by atomic mass is 10.2. The number of anilines is 1. The van der Waals surface area contributed by atoms with Crippen LogP contribution in [0.3, 0.4) is 0 Å². The molecule has 3 rings (SSSR count). The van der Waals surface area contributed by atoms with Crippen LogP contribution in [0.2, 0.25) is 0 Å². The van der Waals surface area contributed by atoms with Crippen molar-refractivity contribution in [3.05, 3.63) is 45.4 Å². The minimum atomic E-state index is 0. The number of hydrogen-bond donors (Lipinski definition) is 1. The van der Waals surface area contributed by atoms with Crippen molar-refractivity contribution in [3.8, 4) is 0 Å². The second kappa shape index (κ2) is 9.55. The van der Waals surface area contributed by atoms with Crippen molar-refractivity contribution in [2.24, 2.45) is 4.99 Å². The van der Waals surface area contributed by atoms with E-state index in [4.69, 9.17) is 0 Å². The third kappa shape index (κ3) is 5.09. The Bertz CT molecular complexity index is 750. The van der Waals surface area contributed by atoms with E-state index in [-0.39, 0.29) is 24.0 Å². The van der Waals surface area contributed by atoms with Gasteiger partial charge in [-0.1, -0.05) is 12.1 Å². The van der Waals surface area contributed by atoms with E-state index in [2.05, 4.69) is 70.1 Å². The third-order valence-corrected chi connectivity index (χ3v) is 5.64. The fourth-order valence-corrected chi connectivity index (χ4v) is 4.11. The molecule has 1 aromatic heterocycles. The maximum atomic E-state index is 4.50. The summed E-state index contributed by atoms with van der Waals surface area (Å²) in [5.41, 5.74) is 3.75. The summed E-state index contributed by atoms with van der Waals surface area (Å²) in [6, 6.07) is 8.74. The number of thiazole rings is 1. The lowest BCUT2D eigenvalue weighted by Gasteiger charge is -2.37. The van der Waals surface area contributed by atoms with Gasteiger partial charge >= 0.3 is 0 Å². The zero-order chi connectivity index (χ0) is 17.8. The molecule has 1 saturated heterocycles. The molecule has 0 saturated carbocycles. The van der Waals surface area contributed by atoms with E-state index >= 15 is 0 Å². The number of nitrogens with zero attached hydrogens (tertiary/aromatic N) is 4. The zero-order valence-corrected chi connectivity index (χ0v) is 19.1. The molecule has 5 nitrogen and oxygen atoms in total. The monoisotopic (exact) mass is 485 g/mol. The number of guanidine groups is 1. The van der Waals surface area contributed by atoms with Gasteiger partial charge in [-0.2, -0.15) is 0 Å². The molecule has 142 valence electrons. The number of aliphatic imine (C=N–C) groups is 1. The summed E-state index contributed by atoms with van der Waals surface area (Å²) in [4.78, 5) is 15.1. The van der Waals surface area contributed by atoms with Crippen LogP contribution < -0.4 is 10.2 Å². The van der Waals surface area contributed by atoms with Crippen LogP contribution in [0.25, 0.3) is 0 Å². The Morgan fingerprint density at radius 2 is 1.92 bits per heavy atom. The first-order chi connectivity index (χ1) is 12.1. The van der Waals surface area contributed by atoms with Crippen LogP contribution in [0.5, 0.6) is 0 Å². The van der Waals surface area contributed by atoms with Gasteiger partial charge in [-0.25, -0.2) is 4.98 Å². The van der Waals surface area contributed by atoms with Crippen molar-refractivity contribution in [1.82, 2.24) is 15.2 Å². The summed E-state index contributed by atoms with van der Waals surface area (Å²) in [6.07, 6.45) is 0. The van der Waals surface area contributed by atoms with Gasteiger partial charge in [-0.15, -0.1) is 35.3 Å². The Hall–Kier alpha value is -1.35. The third-order valence-electron chi connectivity index (χ3n) is 4.56. The molecule has 0 radical (unpaired) electrons. The SMILES string of the molecule is CN=C(NCc1sc(C)nc1C)N1CCN(c2cccc(C)c2)CC1.I. The molecule has 1 aliphatic heterocycles. The largest absolute Gasteiger partial charge is 0.368 e. The maximum Gasteiger partial charge on any atom is 0.194 e. The van der Waals surface area contributed by atoms with Gasteiger partial charge in [-0.05, 0) is 38.5 Å². The standard InChI is InChI=1S/C19H27N5S.HI/c1-14-6-5-7-17(12-14)23-8-10-24(11-9-23)19(20-4)21-13-18-15(2)22-16(3)25-18;/h5-7,12H,8-11,13H2,1-4H3,(H,20,21);1H. The van der Waals surface area contributed by atoms with Gasteiger partial charge in [-0.3, -0.25) is 4.99 Å². The molecular weight excluding hydrogens is 457 g/mol. The number of hydrogen-bond acceptors (Lipinski definition) is 4. The summed E-state index contributed by atoms with van der Waals surface area (Å²) in [7, 11) is 1.86. The average Bonchev–Trinajstić information content (AvgIpc) is 2.93. The number of piperazine rings is 1. The van der Waals surface area contributed by atoms with Crippen LogP contribution in [-0.4, -0.2) is 49.1 Å². The van der Waals surface area contributed by atoms with E-state index in [1.165, 1.54) is 16.1 Å². The van der Waals surface area contributed by atoms with Crippen LogP contribution in [0.15, 0.2) is 29.3 Å². The van der Waals surface area contributed by atoms with Gasteiger partial charge in [0, 0.05) is 43.8 Å². The molecule has 1 aromatic carbocycles. The number of aryl methyl sites for hydroxylation is 3. The fourth-order valence-electron chi connectivity index (χ4n) is 3.23. The van der Waals surface area contributed by atoms with Gasteiger partial charge in [0.05, 0.1) is 17.2 Å². The molecule has 1 N–H and O–H groups in total. The van der Waals surface area contributed by atoms with Crippen molar-refractivity contribution < 1.29 is 0 Å². The molecular formula is C19H28IN5S. The summed E-state index contributed by atoms with van der Waals surface area (Å²) < 4.78 is 0. The molecule has 2 aromatic rings. The molecule has 1 fully saturated rings. The quantitative estimate of drug-likeness (QED) is 0.410. The van der Waals surface area contributed by atoms with Gasteiger partial charge in [0.2, 0.25) is 0 Å². The van der Waals surface area contributed by atoms with Crippen molar-refractivity contribution in [2.45, 2.75) is 27.3 Å². The van der Waals surface area contributed by atoms with E-state index in [9.17, 15) is 0 Å². The number of halogens is 1. The Kier molecular flexibility index (Phi) is 7.69. The van der Waals surface area contributed by atoms with Crippen molar-refractivity contribution in [3.63, 3.8) is 0 Å². The van der Waals surface area contributed by atoms with Crippen molar-refractivity contribution >= 4 is 47.0 Å². The van der Waals surface area contributed by atoms with Crippen LogP contribution in [0.4, 0.5) is 5.69 Å². The highest BCUT2D eigenvalue weighted by atomic mass is 127. The Morgan fingerprint density at radius 1 is 1.19 bits per heavy atom. The smallest absolute Gasteiger partial charge is 0.194 e. The molecule has 0 bridgehead atoms. The topological polar surface area (TPSA) is 43.8 Å². The molecule has 26 heavy (non-hydrogen) atoms.